The topological polar surface area (TPSA) is 105 Å². The van der Waals surface area contributed by atoms with E-state index in [0.717, 1.165) is 5.75 Å². The van der Waals surface area contributed by atoms with Crippen LogP contribution in [0.2, 0.25) is 0 Å². The number of nitrogens with zero attached hydrogens (tertiary/aromatic N) is 4. The predicted molar refractivity (Wildman–Crippen MR) is 79.1 cm³/mol. The predicted octanol–water partition coefficient (Wildman–Crippen LogP) is -0.214. The molecule has 1 atom stereocenters. The maximum atomic E-state index is 12.1. The summed E-state index contributed by atoms with van der Waals surface area (Å²) in [5.74, 6) is 0.477. The Morgan fingerprint density at radius 2 is 2.29 bits per heavy atom. The van der Waals surface area contributed by atoms with Crippen LogP contribution in [0.1, 0.15) is 17.4 Å². The third kappa shape index (κ3) is 3.95. The fourth-order valence-corrected chi connectivity index (χ4v) is 5.24. The molecule has 0 aromatic carbocycles. The van der Waals surface area contributed by atoms with Crippen molar-refractivity contribution in [2.45, 2.75) is 18.8 Å². The van der Waals surface area contributed by atoms with E-state index in [1.165, 1.54) is 10.9 Å². The first kappa shape index (κ1) is 16.2. The minimum absolute atomic E-state index is 0.109. The molecule has 0 saturated carbocycles. The van der Waals surface area contributed by atoms with E-state index in [4.69, 9.17) is 5.11 Å². The van der Waals surface area contributed by atoms with Crippen LogP contribution in [-0.4, -0.2) is 75.1 Å². The van der Waals surface area contributed by atoms with Gasteiger partial charge in [-0.3, -0.25) is 9.58 Å². The second kappa shape index (κ2) is 6.75. The number of sulfone groups is 1. The van der Waals surface area contributed by atoms with Crippen LogP contribution in [-0.2, 0) is 16.4 Å². The van der Waals surface area contributed by atoms with E-state index in [1.54, 1.807) is 18.7 Å². The van der Waals surface area contributed by atoms with Crippen molar-refractivity contribution in [2.24, 2.45) is 0 Å². The Bertz CT molecular complexity index is 601. The Morgan fingerprint density at radius 1 is 1.52 bits per heavy atom. The third-order valence-corrected chi connectivity index (χ3v) is 6.71. The van der Waals surface area contributed by atoms with E-state index < -0.39 is 21.2 Å². The van der Waals surface area contributed by atoms with E-state index in [1.807, 2.05) is 4.90 Å². The smallest absolute Gasteiger partial charge is 0.358 e. The Labute approximate surface area is 127 Å². The highest BCUT2D eigenvalue weighted by molar-refractivity contribution is 8.01. The molecule has 2 rings (SSSR count). The van der Waals surface area contributed by atoms with Crippen molar-refractivity contribution in [1.82, 2.24) is 19.9 Å². The molecule has 1 aliphatic rings. The summed E-state index contributed by atoms with van der Waals surface area (Å²) in [5, 5.41) is 15.6. The quantitative estimate of drug-likeness (QED) is 0.761. The molecule has 1 aromatic rings. The molecule has 0 spiro atoms. The van der Waals surface area contributed by atoms with Gasteiger partial charge in [0.25, 0.3) is 0 Å². The number of aromatic nitrogens is 3. The fraction of sp³-hybridized carbons (Fsp3) is 0.727. The monoisotopic (exact) mass is 334 g/mol. The molecule has 0 amide bonds. The molecule has 0 radical (unpaired) electrons. The van der Waals surface area contributed by atoms with Crippen LogP contribution >= 0.6 is 11.8 Å². The van der Waals surface area contributed by atoms with Gasteiger partial charge in [0.05, 0.1) is 12.7 Å². The van der Waals surface area contributed by atoms with E-state index >= 15 is 0 Å². The van der Waals surface area contributed by atoms with E-state index in [9.17, 15) is 13.2 Å². The SMILES string of the molecule is CCS(=O)(=O)C1CSCCN1CCn1cc(C(=O)O)nn1. The molecule has 1 aromatic heterocycles. The van der Waals surface area contributed by atoms with Gasteiger partial charge in [-0.15, -0.1) is 5.10 Å². The van der Waals surface area contributed by atoms with Gasteiger partial charge in [-0.25, -0.2) is 13.2 Å². The number of aromatic carboxylic acids is 1. The van der Waals surface area contributed by atoms with Gasteiger partial charge in [-0.05, 0) is 0 Å². The van der Waals surface area contributed by atoms with Crippen LogP contribution in [0.3, 0.4) is 0 Å². The number of rotatable bonds is 6. The van der Waals surface area contributed by atoms with Crippen LogP contribution in [0.5, 0.6) is 0 Å². The molecule has 0 bridgehead atoms. The summed E-state index contributed by atoms with van der Waals surface area (Å²) in [4.78, 5) is 12.7. The zero-order chi connectivity index (χ0) is 15.5. The van der Waals surface area contributed by atoms with Crippen molar-refractivity contribution in [3.05, 3.63) is 11.9 Å². The largest absolute Gasteiger partial charge is 0.476 e. The normalized spacial score (nSPS) is 20.5. The number of carboxylic acid groups (broad SMARTS) is 1. The van der Waals surface area contributed by atoms with Gasteiger partial charge < -0.3 is 5.11 Å². The lowest BCUT2D eigenvalue weighted by molar-refractivity contribution is 0.0690. The van der Waals surface area contributed by atoms with Crippen LogP contribution in [0.15, 0.2) is 6.20 Å². The van der Waals surface area contributed by atoms with Crippen LogP contribution in [0, 0.1) is 0 Å². The van der Waals surface area contributed by atoms with E-state index in [0.29, 0.717) is 25.4 Å². The minimum Gasteiger partial charge on any atom is -0.476 e. The molecule has 1 unspecified atom stereocenters. The second-order valence-electron chi connectivity index (χ2n) is 4.69. The van der Waals surface area contributed by atoms with Gasteiger partial charge in [-0.1, -0.05) is 12.1 Å². The molecule has 1 aliphatic heterocycles. The lowest BCUT2D eigenvalue weighted by atomic mass is 10.4. The van der Waals surface area contributed by atoms with Crippen LogP contribution in [0.25, 0.3) is 0 Å². The minimum atomic E-state index is -3.12. The Balaban J connectivity index is 2.01. The molecule has 1 saturated heterocycles. The van der Waals surface area contributed by atoms with Crippen molar-refractivity contribution in [2.75, 3.05) is 30.3 Å². The van der Waals surface area contributed by atoms with Crippen molar-refractivity contribution in [3.8, 4) is 0 Å². The average Bonchev–Trinajstić information content (AvgIpc) is 2.94. The lowest BCUT2D eigenvalue weighted by Gasteiger charge is -2.34. The molecule has 1 fully saturated rings. The van der Waals surface area contributed by atoms with Crippen molar-refractivity contribution in [1.29, 1.82) is 0 Å². The third-order valence-electron chi connectivity index (χ3n) is 3.38. The molecule has 118 valence electrons. The summed E-state index contributed by atoms with van der Waals surface area (Å²) < 4.78 is 25.6. The van der Waals surface area contributed by atoms with Gasteiger partial charge in [-0.2, -0.15) is 11.8 Å². The number of carboxylic acids is 1. The standard InChI is InChI=1S/C11H18N4O4S2/c1-2-21(18,19)10-8-20-6-5-14(10)3-4-15-7-9(11(16)17)12-13-15/h7,10H,2-6,8H2,1H3,(H,16,17). The van der Waals surface area contributed by atoms with Crippen molar-refractivity contribution in [3.63, 3.8) is 0 Å². The van der Waals surface area contributed by atoms with Gasteiger partial charge >= 0.3 is 5.97 Å². The fourth-order valence-electron chi connectivity index (χ4n) is 2.13. The molecule has 2 heterocycles. The zero-order valence-electron chi connectivity index (χ0n) is 11.7. The summed E-state index contributed by atoms with van der Waals surface area (Å²) in [6.45, 7) is 3.28. The van der Waals surface area contributed by atoms with E-state index in [-0.39, 0.29) is 11.4 Å². The summed E-state index contributed by atoms with van der Waals surface area (Å²) in [6.07, 6.45) is 1.35. The average molecular weight is 334 g/mol. The Morgan fingerprint density at radius 3 is 2.90 bits per heavy atom. The zero-order valence-corrected chi connectivity index (χ0v) is 13.3. The first-order valence-electron chi connectivity index (χ1n) is 6.61. The molecular weight excluding hydrogens is 316 g/mol. The highest BCUT2D eigenvalue weighted by atomic mass is 32.2. The number of carbonyl (C=O) groups is 1. The molecule has 8 nitrogen and oxygen atoms in total. The molecule has 0 aliphatic carbocycles. The highest BCUT2D eigenvalue weighted by Gasteiger charge is 2.32. The number of hydrogen-bond acceptors (Lipinski definition) is 7. The maximum Gasteiger partial charge on any atom is 0.358 e. The number of hydrogen-bond donors (Lipinski definition) is 1. The van der Waals surface area contributed by atoms with Gasteiger partial charge in [0.2, 0.25) is 0 Å². The van der Waals surface area contributed by atoms with Crippen molar-refractivity contribution >= 4 is 27.6 Å². The summed E-state index contributed by atoms with van der Waals surface area (Å²) in [6, 6.07) is 0. The summed E-state index contributed by atoms with van der Waals surface area (Å²) in [7, 11) is -3.12. The molecule has 1 N–H and O–H groups in total. The summed E-state index contributed by atoms with van der Waals surface area (Å²) >= 11 is 1.65. The maximum absolute atomic E-state index is 12.1. The van der Waals surface area contributed by atoms with Crippen molar-refractivity contribution < 1.29 is 18.3 Å². The number of thioether (sulfide) groups is 1. The van der Waals surface area contributed by atoms with Crippen LogP contribution < -0.4 is 0 Å². The second-order valence-corrected chi connectivity index (χ2v) is 8.29. The van der Waals surface area contributed by atoms with Gasteiger partial charge in [0.1, 0.15) is 5.37 Å². The molecular formula is C11H18N4O4S2. The van der Waals surface area contributed by atoms with E-state index in [2.05, 4.69) is 10.3 Å². The first-order valence-corrected chi connectivity index (χ1v) is 9.48. The molecule has 21 heavy (non-hydrogen) atoms. The first-order chi connectivity index (χ1) is 9.94. The van der Waals surface area contributed by atoms with Gasteiger partial charge in [0, 0.05) is 30.3 Å². The van der Waals surface area contributed by atoms with Crippen LogP contribution in [0.4, 0.5) is 0 Å². The summed E-state index contributed by atoms with van der Waals surface area (Å²) in [5.41, 5.74) is -0.109. The molecule has 10 heteroatoms. The Hall–Kier alpha value is -1.13. The highest BCUT2D eigenvalue weighted by Crippen LogP contribution is 2.21. The Kier molecular flexibility index (Phi) is 5.22. The van der Waals surface area contributed by atoms with Gasteiger partial charge in [0.15, 0.2) is 15.5 Å². The lowest BCUT2D eigenvalue weighted by Crippen LogP contribution is -2.48.